The Morgan fingerprint density at radius 2 is 1.53 bits per heavy atom. The molecule has 3 aromatic rings. The normalized spacial score (nSPS) is 17.4. The van der Waals surface area contributed by atoms with E-state index in [2.05, 4.69) is 4.74 Å². The van der Waals surface area contributed by atoms with Crippen molar-refractivity contribution in [1.29, 1.82) is 0 Å². The number of benzene rings is 3. The lowest BCUT2D eigenvalue weighted by molar-refractivity contribution is -0.275. The van der Waals surface area contributed by atoms with Gasteiger partial charge in [0.05, 0.1) is 20.3 Å². The number of hydrogen-bond donors (Lipinski definition) is 0. The van der Waals surface area contributed by atoms with Gasteiger partial charge in [-0.25, -0.2) is 0 Å². The molecule has 0 saturated heterocycles. The van der Waals surface area contributed by atoms with E-state index in [0.717, 1.165) is 22.3 Å². The van der Waals surface area contributed by atoms with Crippen molar-refractivity contribution in [2.75, 3.05) is 20.8 Å². The van der Waals surface area contributed by atoms with E-state index >= 15 is 0 Å². The van der Waals surface area contributed by atoms with Gasteiger partial charge in [0.15, 0.2) is 11.5 Å². The standard InChI is InChI=1S/C29H29F3N2O4/c1-36-26-14-20-11-12-33(18-23(20)15-27(26)37-2)28(35)24-13-19-7-3-4-8-21(19)16-34(24)17-22-9-5-6-10-25(22)38-29(30,31)32/h3-10,14-15,24H,11-13,16-18H2,1-2H3. The summed E-state index contributed by atoms with van der Waals surface area (Å²) >= 11 is 0. The van der Waals surface area contributed by atoms with Crippen molar-refractivity contribution in [3.05, 3.63) is 88.5 Å². The Balaban J connectivity index is 1.42. The summed E-state index contributed by atoms with van der Waals surface area (Å²) in [5.41, 5.74) is 4.62. The van der Waals surface area contributed by atoms with Gasteiger partial charge in [0.2, 0.25) is 5.91 Å². The van der Waals surface area contributed by atoms with Crippen molar-refractivity contribution < 1.29 is 32.2 Å². The Morgan fingerprint density at radius 3 is 2.24 bits per heavy atom. The number of carbonyl (C=O) groups is 1. The number of para-hydroxylation sites is 1. The Labute approximate surface area is 219 Å². The van der Waals surface area contributed by atoms with Crippen molar-refractivity contribution in [3.63, 3.8) is 0 Å². The van der Waals surface area contributed by atoms with Gasteiger partial charge in [0, 0.05) is 31.7 Å². The molecule has 0 aliphatic carbocycles. The molecule has 1 atom stereocenters. The molecule has 1 unspecified atom stereocenters. The number of halogens is 3. The van der Waals surface area contributed by atoms with Gasteiger partial charge in [0.25, 0.3) is 0 Å². The van der Waals surface area contributed by atoms with E-state index in [1.165, 1.54) is 12.1 Å². The molecule has 38 heavy (non-hydrogen) atoms. The predicted molar refractivity (Wildman–Crippen MR) is 135 cm³/mol. The molecule has 0 aromatic heterocycles. The zero-order chi connectivity index (χ0) is 26.9. The molecule has 3 aromatic carbocycles. The predicted octanol–water partition coefficient (Wildman–Crippen LogP) is 5.11. The number of alkyl halides is 3. The van der Waals surface area contributed by atoms with Crippen molar-refractivity contribution >= 4 is 5.91 Å². The second-order valence-electron chi connectivity index (χ2n) is 9.53. The van der Waals surface area contributed by atoms with Crippen LogP contribution in [0, 0.1) is 0 Å². The summed E-state index contributed by atoms with van der Waals surface area (Å²) in [6, 6.07) is 17.3. The van der Waals surface area contributed by atoms with Gasteiger partial charge in [-0.15, -0.1) is 13.2 Å². The summed E-state index contributed by atoms with van der Waals surface area (Å²) in [6.07, 6.45) is -3.65. The molecule has 0 N–H and O–H groups in total. The number of carbonyl (C=O) groups excluding carboxylic acids is 1. The third kappa shape index (κ3) is 5.43. The lowest BCUT2D eigenvalue weighted by Crippen LogP contribution is -2.52. The number of hydrogen-bond acceptors (Lipinski definition) is 5. The topological polar surface area (TPSA) is 51.2 Å². The number of ether oxygens (including phenoxy) is 3. The van der Waals surface area contributed by atoms with Gasteiger partial charge in [-0.3, -0.25) is 9.69 Å². The van der Waals surface area contributed by atoms with Crippen LogP contribution in [0.2, 0.25) is 0 Å². The quantitative estimate of drug-likeness (QED) is 0.447. The number of nitrogens with zero attached hydrogens (tertiary/aromatic N) is 2. The maximum Gasteiger partial charge on any atom is 0.573 e. The fourth-order valence-corrected chi connectivity index (χ4v) is 5.35. The third-order valence-corrected chi connectivity index (χ3v) is 7.23. The van der Waals surface area contributed by atoms with E-state index in [9.17, 15) is 18.0 Å². The Morgan fingerprint density at radius 1 is 0.868 bits per heavy atom. The van der Waals surface area contributed by atoms with Crippen LogP contribution in [0.1, 0.15) is 27.8 Å². The lowest BCUT2D eigenvalue weighted by Gasteiger charge is -2.40. The van der Waals surface area contributed by atoms with Gasteiger partial charge < -0.3 is 19.1 Å². The summed E-state index contributed by atoms with van der Waals surface area (Å²) in [4.78, 5) is 17.8. The first kappa shape index (κ1) is 25.9. The zero-order valence-electron chi connectivity index (χ0n) is 21.3. The van der Waals surface area contributed by atoms with E-state index < -0.39 is 12.4 Å². The van der Waals surface area contributed by atoms with Crippen molar-refractivity contribution in [1.82, 2.24) is 9.80 Å². The van der Waals surface area contributed by atoms with Crippen LogP contribution in [-0.4, -0.2) is 48.9 Å². The maximum atomic E-state index is 14.0. The first-order valence-electron chi connectivity index (χ1n) is 12.4. The molecule has 0 radical (unpaired) electrons. The van der Waals surface area contributed by atoms with Crippen LogP contribution in [0.25, 0.3) is 0 Å². The van der Waals surface area contributed by atoms with Crippen LogP contribution in [0.4, 0.5) is 13.2 Å². The van der Waals surface area contributed by atoms with Crippen LogP contribution in [-0.2, 0) is 37.3 Å². The Kier molecular flexibility index (Phi) is 7.21. The molecule has 0 saturated carbocycles. The molecule has 9 heteroatoms. The molecule has 2 aliphatic heterocycles. The first-order chi connectivity index (χ1) is 18.3. The monoisotopic (exact) mass is 526 g/mol. The number of methoxy groups -OCH3 is 2. The van der Waals surface area contributed by atoms with Gasteiger partial charge in [-0.05, 0) is 53.3 Å². The van der Waals surface area contributed by atoms with Crippen LogP contribution >= 0.6 is 0 Å². The summed E-state index contributed by atoms with van der Waals surface area (Å²) in [5.74, 6) is 0.961. The van der Waals surface area contributed by atoms with Gasteiger partial charge in [0.1, 0.15) is 5.75 Å². The van der Waals surface area contributed by atoms with Crippen molar-refractivity contribution in [2.45, 2.75) is 44.9 Å². The second-order valence-corrected chi connectivity index (χ2v) is 9.53. The van der Waals surface area contributed by atoms with Crippen LogP contribution < -0.4 is 14.2 Å². The van der Waals surface area contributed by atoms with Gasteiger partial charge in [-0.2, -0.15) is 0 Å². The molecular formula is C29H29F3N2O4. The van der Waals surface area contributed by atoms with Gasteiger partial charge >= 0.3 is 6.36 Å². The summed E-state index contributed by atoms with van der Waals surface area (Å²) in [5, 5.41) is 0. The number of fused-ring (bicyclic) bond motifs is 2. The smallest absolute Gasteiger partial charge is 0.493 e. The largest absolute Gasteiger partial charge is 0.573 e. The number of rotatable bonds is 6. The van der Waals surface area contributed by atoms with E-state index in [-0.39, 0.29) is 18.2 Å². The van der Waals surface area contributed by atoms with E-state index in [1.807, 2.05) is 46.2 Å². The minimum atomic E-state index is -4.80. The van der Waals surface area contributed by atoms with Crippen LogP contribution in [0.15, 0.2) is 60.7 Å². The maximum absolute atomic E-state index is 14.0. The lowest BCUT2D eigenvalue weighted by atomic mass is 9.91. The van der Waals surface area contributed by atoms with Crippen molar-refractivity contribution in [3.8, 4) is 17.2 Å². The summed E-state index contributed by atoms with van der Waals surface area (Å²) in [6.45, 7) is 1.56. The highest BCUT2D eigenvalue weighted by atomic mass is 19.4. The van der Waals surface area contributed by atoms with Crippen molar-refractivity contribution in [2.24, 2.45) is 0 Å². The Bertz CT molecular complexity index is 1330. The molecule has 2 aliphatic rings. The summed E-state index contributed by atoms with van der Waals surface area (Å²) in [7, 11) is 3.17. The molecule has 0 bridgehead atoms. The second kappa shape index (κ2) is 10.6. The highest BCUT2D eigenvalue weighted by molar-refractivity contribution is 5.83. The average Bonchev–Trinajstić information content (AvgIpc) is 2.91. The number of amides is 1. The molecule has 200 valence electrons. The highest BCUT2D eigenvalue weighted by Crippen LogP contribution is 2.35. The fraction of sp³-hybridized carbons (Fsp3) is 0.345. The molecule has 2 heterocycles. The third-order valence-electron chi connectivity index (χ3n) is 7.23. The van der Waals surface area contributed by atoms with Crippen LogP contribution in [0.3, 0.4) is 0 Å². The van der Waals surface area contributed by atoms with Gasteiger partial charge in [-0.1, -0.05) is 42.5 Å². The molecule has 6 nitrogen and oxygen atoms in total. The Hall–Kier alpha value is -3.72. The highest BCUT2D eigenvalue weighted by Gasteiger charge is 2.37. The van der Waals surface area contributed by atoms with E-state index in [4.69, 9.17) is 9.47 Å². The zero-order valence-corrected chi connectivity index (χ0v) is 21.3. The minimum absolute atomic E-state index is 0.0471. The molecule has 0 spiro atoms. The molecule has 0 fully saturated rings. The SMILES string of the molecule is COc1cc2c(cc1OC)CN(C(=O)C1Cc3ccccc3CN1Cc1ccccc1OC(F)(F)F)CC2. The first-order valence-corrected chi connectivity index (χ1v) is 12.4. The summed E-state index contributed by atoms with van der Waals surface area (Å²) < 4.78 is 54.3. The van der Waals surface area contributed by atoms with E-state index in [1.54, 1.807) is 26.4 Å². The fourth-order valence-electron chi connectivity index (χ4n) is 5.35. The van der Waals surface area contributed by atoms with Crippen LogP contribution in [0.5, 0.6) is 17.2 Å². The van der Waals surface area contributed by atoms with E-state index in [0.29, 0.717) is 49.5 Å². The molecule has 1 amide bonds. The average molecular weight is 527 g/mol. The minimum Gasteiger partial charge on any atom is -0.493 e. The molecule has 5 rings (SSSR count). The molecular weight excluding hydrogens is 497 g/mol.